The normalized spacial score (nSPS) is 12.1. The Labute approximate surface area is 116 Å². The van der Waals surface area contributed by atoms with Gasteiger partial charge < -0.3 is 14.8 Å². The van der Waals surface area contributed by atoms with Crippen molar-refractivity contribution in [3.8, 4) is 5.75 Å². The molecule has 3 heteroatoms. The topological polar surface area (TPSA) is 30.5 Å². The minimum atomic E-state index is 0.147. The Morgan fingerprint density at radius 1 is 1.37 bits per heavy atom. The van der Waals surface area contributed by atoms with Crippen LogP contribution in [0.2, 0.25) is 0 Å². The standard InChI is InChI=1S/C16H25NO2/c1-4-8-15-9-5-6-10-16(15)19-14(2)13-17-11-7-12-18-3/h4-6,9-10,14,17H,1,7-8,11-13H2,2-3H3. The first-order chi connectivity index (χ1) is 9.27. The predicted molar refractivity (Wildman–Crippen MR) is 79.8 cm³/mol. The first kappa shape index (κ1) is 15.7. The average molecular weight is 263 g/mol. The minimum Gasteiger partial charge on any atom is -0.489 e. The molecule has 1 aromatic carbocycles. The highest BCUT2D eigenvalue weighted by Gasteiger charge is 2.06. The van der Waals surface area contributed by atoms with Gasteiger partial charge in [-0.05, 0) is 37.9 Å². The molecule has 106 valence electrons. The molecule has 0 aliphatic carbocycles. The van der Waals surface area contributed by atoms with Crippen LogP contribution in [0.25, 0.3) is 0 Å². The number of hydrogen-bond donors (Lipinski definition) is 1. The molecule has 19 heavy (non-hydrogen) atoms. The lowest BCUT2D eigenvalue weighted by atomic mass is 10.1. The third-order valence-corrected chi connectivity index (χ3v) is 2.80. The monoisotopic (exact) mass is 263 g/mol. The Hall–Kier alpha value is -1.32. The van der Waals surface area contributed by atoms with Gasteiger partial charge in [0.05, 0.1) is 0 Å². The van der Waals surface area contributed by atoms with Gasteiger partial charge in [0.1, 0.15) is 11.9 Å². The van der Waals surface area contributed by atoms with Gasteiger partial charge in [0.2, 0.25) is 0 Å². The number of benzene rings is 1. The average Bonchev–Trinajstić information content (AvgIpc) is 2.41. The second-order valence-electron chi connectivity index (χ2n) is 4.58. The highest BCUT2D eigenvalue weighted by atomic mass is 16.5. The van der Waals surface area contributed by atoms with Crippen molar-refractivity contribution < 1.29 is 9.47 Å². The van der Waals surface area contributed by atoms with E-state index >= 15 is 0 Å². The van der Waals surface area contributed by atoms with Crippen LogP contribution >= 0.6 is 0 Å². The molecule has 1 atom stereocenters. The van der Waals surface area contributed by atoms with Crippen molar-refractivity contribution in [2.45, 2.75) is 25.9 Å². The molecule has 0 bridgehead atoms. The number of nitrogens with one attached hydrogen (secondary N) is 1. The molecule has 1 rings (SSSR count). The van der Waals surface area contributed by atoms with Crippen molar-refractivity contribution in [1.29, 1.82) is 0 Å². The van der Waals surface area contributed by atoms with E-state index in [1.807, 2.05) is 24.3 Å². The van der Waals surface area contributed by atoms with Gasteiger partial charge in [0.15, 0.2) is 0 Å². The molecule has 3 nitrogen and oxygen atoms in total. The Morgan fingerprint density at radius 3 is 2.89 bits per heavy atom. The molecule has 0 aliphatic rings. The van der Waals surface area contributed by atoms with Gasteiger partial charge in [-0.15, -0.1) is 6.58 Å². The number of ether oxygens (including phenoxy) is 2. The van der Waals surface area contributed by atoms with Crippen LogP contribution in [0.5, 0.6) is 5.75 Å². The maximum absolute atomic E-state index is 5.96. The molecule has 0 aromatic heterocycles. The summed E-state index contributed by atoms with van der Waals surface area (Å²) < 4.78 is 11.0. The molecule has 0 aliphatic heterocycles. The minimum absolute atomic E-state index is 0.147. The number of para-hydroxylation sites is 1. The number of allylic oxidation sites excluding steroid dienone is 1. The summed E-state index contributed by atoms with van der Waals surface area (Å²) in [5.41, 5.74) is 1.18. The number of rotatable bonds is 10. The molecule has 1 unspecified atom stereocenters. The van der Waals surface area contributed by atoms with Crippen LogP contribution in [-0.2, 0) is 11.2 Å². The van der Waals surface area contributed by atoms with Crippen molar-refractivity contribution in [1.82, 2.24) is 5.32 Å². The van der Waals surface area contributed by atoms with E-state index < -0.39 is 0 Å². The lowest BCUT2D eigenvalue weighted by molar-refractivity contribution is 0.188. The molecule has 0 saturated heterocycles. The van der Waals surface area contributed by atoms with Crippen LogP contribution < -0.4 is 10.1 Å². The fourth-order valence-corrected chi connectivity index (χ4v) is 1.85. The van der Waals surface area contributed by atoms with Gasteiger partial charge in [-0.3, -0.25) is 0 Å². The van der Waals surface area contributed by atoms with E-state index in [1.54, 1.807) is 7.11 Å². The summed E-state index contributed by atoms with van der Waals surface area (Å²) in [5.74, 6) is 0.952. The number of hydrogen-bond acceptors (Lipinski definition) is 3. The molecule has 0 fully saturated rings. The van der Waals surface area contributed by atoms with Gasteiger partial charge in [0.25, 0.3) is 0 Å². The fraction of sp³-hybridized carbons (Fsp3) is 0.500. The highest BCUT2D eigenvalue weighted by molar-refractivity contribution is 5.34. The lowest BCUT2D eigenvalue weighted by Crippen LogP contribution is -2.30. The maximum Gasteiger partial charge on any atom is 0.123 e. The molecule has 0 amide bonds. The van der Waals surface area contributed by atoms with E-state index in [9.17, 15) is 0 Å². The van der Waals surface area contributed by atoms with Gasteiger partial charge in [0, 0.05) is 20.3 Å². The van der Waals surface area contributed by atoms with Crippen LogP contribution in [0.3, 0.4) is 0 Å². The van der Waals surface area contributed by atoms with Gasteiger partial charge >= 0.3 is 0 Å². The molecular formula is C16H25NO2. The quantitative estimate of drug-likeness (QED) is 0.520. The Kier molecular flexibility index (Phi) is 7.94. The predicted octanol–water partition coefficient (Wildman–Crippen LogP) is 2.81. The van der Waals surface area contributed by atoms with Gasteiger partial charge in [-0.25, -0.2) is 0 Å². The van der Waals surface area contributed by atoms with Gasteiger partial charge in [-0.2, -0.15) is 0 Å². The second-order valence-corrected chi connectivity index (χ2v) is 4.58. The highest BCUT2D eigenvalue weighted by Crippen LogP contribution is 2.19. The molecule has 1 N–H and O–H groups in total. The summed E-state index contributed by atoms with van der Waals surface area (Å²) in [6, 6.07) is 8.12. The second kappa shape index (κ2) is 9.59. The summed E-state index contributed by atoms with van der Waals surface area (Å²) in [6.45, 7) is 8.44. The van der Waals surface area contributed by atoms with Crippen LogP contribution in [-0.4, -0.2) is 32.9 Å². The van der Waals surface area contributed by atoms with Crippen molar-refractivity contribution in [2.24, 2.45) is 0 Å². The first-order valence-electron chi connectivity index (χ1n) is 6.83. The van der Waals surface area contributed by atoms with E-state index in [-0.39, 0.29) is 6.10 Å². The molecular weight excluding hydrogens is 238 g/mol. The lowest BCUT2D eigenvalue weighted by Gasteiger charge is -2.17. The largest absolute Gasteiger partial charge is 0.489 e. The van der Waals surface area contributed by atoms with Crippen LogP contribution in [0.4, 0.5) is 0 Å². The van der Waals surface area contributed by atoms with Crippen LogP contribution in [0.15, 0.2) is 36.9 Å². The summed E-state index contributed by atoms with van der Waals surface area (Å²) in [4.78, 5) is 0. The zero-order valence-electron chi connectivity index (χ0n) is 12.0. The first-order valence-corrected chi connectivity index (χ1v) is 6.83. The van der Waals surface area contributed by atoms with Crippen LogP contribution in [0, 0.1) is 0 Å². The summed E-state index contributed by atoms with van der Waals surface area (Å²) in [7, 11) is 1.72. The van der Waals surface area contributed by atoms with E-state index in [0.717, 1.165) is 38.3 Å². The summed E-state index contributed by atoms with van der Waals surface area (Å²) in [5, 5.41) is 3.37. The molecule has 1 aromatic rings. The Balaban J connectivity index is 2.35. The van der Waals surface area contributed by atoms with E-state index in [4.69, 9.17) is 9.47 Å². The van der Waals surface area contributed by atoms with Crippen molar-refractivity contribution in [3.63, 3.8) is 0 Å². The van der Waals surface area contributed by atoms with Crippen molar-refractivity contribution >= 4 is 0 Å². The maximum atomic E-state index is 5.96. The number of methoxy groups -OCH3 is 1. The summed E-state index contributed by atoms with van der Waals surface area (Å²) >= 11 is 0. The Morgan fingerprint density at radius 2 is 2.16 bits per heavy atom. The third kappa shape index (κ3) is 6.41. The smallest absolute Gasteiger partial charge is 0.123 e. The SMILES string of the molecule is C=CCc1ccccc1OC(C)CNCCCOC. The van der Waals surface area contributed by atoms with Crippen molar-refractivity contribution in [3.05, 3.63) is 42.5 Å². The van der Waals surface area contributed by atoms with Crippen LogP contribution in [0.1, 0.15) is 18.9 Å². The van der Waals surface area contributed by atoms with Gasteiger partial charge in [-0.1, -0.05) is 24.3 Å². The Bertz CT molecular complexity index is 366. The molecule has 0 spiro atoms. The third-order valence-electron chi connectivity index (χ3n) is 2.80. The fourth-order valence-electron chi connectivity index (χ4n) is 1.85. The zero-order chi connectivity index (χ0) is 13.9. The van der Waals surface area contributed by atoms with Crippen molar-refractivity contribution in [2.75, 3.05) is 26.8 Å². The molecule has 0 saturated carbocycles. The molecule has 0 radical (unpaired) electrons. The van der Waals surface area contributed by atoms with E-state index in [2.05, 4.69) is 24.9 Å². The van der Waals surface area contributed by atoms with E-state index in [0.29, 0.717) is 0 Å². The zero-order valence-corrected chi connectivity index (χ0v) is 12.0. The molecule has 0 heterocycles. The van der Waals surface area contributed by atoms with E-state index in [1.165, 1.54) is 5.56 Å². The summed E-state index contributed by atoms with van der Waals surface area (Å²) in [6.07, 6.45) is 3.91.